The van der Waals surface area contributed by atoms with E-state index >= 15 is 0 Å². The summed E-state index contributed by atoms with van der Waals surface area (Å²) in [5, 5.41) is 68.3. The van der Waals surface area contributed by atoms with Gasteiger partial charge in [-0.15, -0.1) is 0 Å². The molecular formula is C32H44N10O13. The number of phenols is 4. The third kappa shape index (κ3) is 14.1. The van der Waals surface area contributed by atoms with Crippen molar-refractivity contribution in [3.8, 4) is 23.0 Å². The number of aromatic hydroxyl groups is 4. The van der Waals surface area contributed by atoms with Crippen molar-refractivity contribution in [3.63, 3.8) is 0 Å². The zero-order chi connectivity index (χ0) is 41.2. The topological polar surface area (TPSA) is 410 Å². The molecule has 0 unspecified atom stereocenters. The predicted octanol–water partition coefficient (Wildman–Crippen LogP) is -3.90. The van der Waals surface area contributed by atoms with Gasteiger partial charge in [0.05, 0.1) is 17.7 Å². The van der Waals surface area contributed by atoms with Crippen molar-refractivity contribution in [1.82, 2.24) is 21.3 Å². The van der Waals surface area contributed by atoms with E-state index in [1.165, 1.54) is 12.1 Å². The highest BCUT2D eigenvalue weighted by Crippen LogP contribution is 2.29. The number of nitrogens with two attached hydrogens (primary N) is 4. The lowest BCUT2D eigenvalue weighted by molar-refractivity contribution is -0.154. The molecule has 0 saturated carbocycles. The van der Waals surface area contributed by atoms with Crippen molar-refractivity contribution >= 4 is 47.5 Å². The minimum absolute atomic E-state index is 0.00667. The number of guanidine groups is 2. The highest BCUT2D eigenvalue weighted by molar-refractivity contribution is 6.01. The molecular weight excluding hydrogens is 732 g/mol. The van der Waals surface area contributed by atoms with Crippen LogP contribution in [0.2, 0.25) is 0 Å². The van der Waals surface area contributed by atoms with Crippen LogP contribution in [-0.4, -0.2) is 129 Å². The highest BCUT2D eigenvalue weighted by atomic mass is 16.5. The Hall–Kier alpha value is -7.04. The summed E-state index contributed by atoms with van der Waals surface area (Å²) in [6, 6.07) is 0.391. The van der Waals surface area contributed by atoms with Crippen LogP contribution < -0.4 is 44.2 Å². The summed E-state index contributed by atoms with van der Waals surface area (Å²) in [4.78, 5) is 84.7. The van der Waals surface area contributed by atoms with E-state index in [4.69, 9.17) is 27.7 Å². The quantitative estimate of drug-likeness (QED) is 0.0189. The van der Waals surface area contributed by atoms with Gasteiger partial charge in [0.2, 0.25) is 11.8 Å². The minimum Gasteiger partial charge on any atom is -0.504 e. The fraction of sp³-hybridized carbons (Fsp3) is 0.375. The standard InChI is InChI=1S/C32H44N10O13/c33-31(34)37-11-3-7-17(39-25(48)15-5-1-9-21(44)23(15)46)27(50)41-19(13-43)30(54)55-14-20(29(52)53)42-28(51)18(8-4-12-38-32(35)36)40-26(49)16-6-2-10-22(45)24(16)47/h1-2,5-6,9-10,17-20,43-47H,3-4,7-8,11-14H2,(H,39,48)(H,40,49)(H,41,50)(H,42,51)(H,52,53)(H4,33,34,37)(H4,35,36,38)/t17-,18-,19+,20+/m1/s1. The molecule has 0 heterocycles. The number of carbonyl (C=O) groups is 6. The van der Waals surface area contributed by atoms with Gasteiger partial charge in [0, 0.05) is 13.1 Å². The first-order valence-electron chi connectivity index (χ1n) is 16.3. The number of carboxylic acid groups (broad SMARTS) is 1. The van der Waals surface area contributed by atoms with E-state index in [1.54, 1.807) is 0 Å². The molecule has 0 saturated heterocycles. The second kappa shape index (κ2) is 21.5. The molecule has 300 valence electrons. The van der Waals surface area contributed by atoms with E-state index in [0.717, 1.165) is 24.3 Å². The Morgan fingerprint density at radius 3 is 1.44 bits per heavy atom. The number of ether oxygens (including phenoxy) is 1. The normalized spacial score (nSPS) is 12.7. The van der Waals surface area contributed by atoms with Gasteiger partial charge >= 0.3 is 11.9 Å². The van der Waals surface area contributed by atoms with Crippen LogP contribution in [0.4, 0.5) is 0 Å². The average molecular weight is 777 g/mol. The first-order chi connectivity index (χ1) is 26.0. The molecule has 0 radical (unpaired) electrons. The number of phenolic OH excluding ortho intramolecular Hbond substituents is 4. The van der Waals surface area contributed by atoms with Gasteiger partial charge in [-0.1, -0.05) is 12.1 Å². The monoisotopic (exact) mass is 776 g/mol. The number of hydrogen-bond donors (Lipinski definition) is 14. The van der Waals surface area contributed by atoms with Gasteiger partial charge < -0.3 is 79.6 Å². The van der Waals surface area contributed by atoms with E-state index in [0.29, 0.717) is 0 Å². The van der Waals surface area contributed by atoms with Gasteiger partial charge in [0.1, 0.15) is 18.7 Å². The van der Waals surface area contributed by atoms with Gasteiger partial charge in [-0.2, -0.15) is 0 Å². The highest BCUT2D eigenvalue weighted by Gasteiger charge is 2.32. The van der Waals surface area contributed by atoms with Crippen molar-refractivity contribution in [2.75, 3.05) is 26.3 Å². The van der Waals surface area contributed by atoms with E-state index in [1.807, 2.05) is 0 Å². The number of amides is 4. The molecule has 0 aliphatic carbocycles. The van der Waals surface area contributed by atoms with E-state index < -0.39 is 107 Å². The zero-order valence-electron chi connectivity index (χ0n) is 29.2. The number of carboxylic acids is 1. The fourth-order valence-corrected chi connectivity index (χ4v) is 4.61. The summed E-state index contributed by atoms with van der Waals surface area (Å²) in [7, 11) is 0. The number of carbonyl (C=O) groups excluding carboxylic acids is 5. The maximum atomic E-state index is 13.2. The lowest BCUT2D eigenvalue weighted by atomic mass is 10.1. The number of nitrogens with zero attached hydrogens (tertiary/aromatic N) is 2. The fourth-order valence-electron chi connectivity index (χ4n) is 4.61. The molecule has 0 aliphatic rings. The SMILES string of the molecule is NC(N)=NCCC[C@@H](NC(=O)c1cccc(O)c1O)C(=O)N[C@@H](COC(=O)[C@H](CO)NC(=O)[C@@H](CCCN=C(N)N)NC(=O)c1cccc(O)c1O)C(=O)O. The van der Waals surface area contributed by atoms with E-state index in [9.17, 15) is 59.4 Å². The molecule has 23 heteroatoms. The largest absolute Gasteiger partial charge is 0.504 e. The Morgan fingerprint density at radius 1 is 0.636 bits per heavy atom. The molecule has 18 N–H and O–H groups in total. The van der Waals surface area contributed by atoms with Crippen LogP contribution in [0.5, 0.6) is 23.0 Å². The summed E-state index contributed by atoms with van der Waals surface area (Å²) in [6.45, 7) is -2.08. The number of esters is 1. The summed E-state index contributed by atoms with van der Waals surface area (Å²) in [6.07, 6.45) is -0.0881. The van der Waals surface area contributed by atoms with Crippen molar-refractivity contribution in [2.24, 2.45) is 32.9 Å². The van der Waals surface area contributed by atoms with Gasteiger partial charge in [-0.25, -0.2) is 9.59 Å². The van der Waals surface area contributed by atoms with Crippen LogP contribution >= 0.6 is 0 Å². The number of aliphatic hydroxyl groups excluding tert-OH is 1. The first kappa shape index (κ1) is 44.1. The number of aliphatic hydroxyl groups is 1. The van der Waals surface area contributed by atoms with Gasteiger partial charge in [-0.05, 0) is 49.9 Å². The van der Waals surface area contributed by atoms with Crippen molar-refractivity contribution in [1.29, 1.82) is 0 Å². The Bertz CT molecular complexity index is 1760. The minimum atomic E-state index is -1.93. The molecule has 4 amide bonds. The molecule has 0 bridgehead atoms. The molecule has 0 aliphatic heterocycles. The third-order valence-corrected chi connectivity index (χ3v) is 7.44. The number of benzene rings is 2. The summed E-state index contributed by atoms with van der Waals surface area (Å²) >= 11 is 0. The van der Waals surface area contributed by atoms with Crippen LogP contribution in [0, 0.1) is 0 Å². The second-order valence-electron chi connectivity index (χ2n) is 11.6. The molecule has 55 heavy (non-hydrogen) atoms. The third-order valence-electron chi connectivity index (χ3n) is 7.44. The summed E-state index contributed by atoms with van der Waals surface area (Å²) in [5.41, 5.74) is 20.4. The van der Waals surface area contributed by atoms with Crippen LogP contribution in [0.15, 0.2) is 46.4 Å². The number of hydrogen-bond acceptors (Lipinski definition) is 14. The van der Waals surface area contributed by atoms with Crippen LogP contribution in [0.25, 0.3) is 0 Å². The van der Waals surface area contributed by atoms with Crippen molar-refractivity contribution in [2.45, 2.75) is 49.9 Å². The van der Waals surface area contributed by atoms with Crippen LogP contribution in [0.1, 0.15) is 46.4 Å². The van der Waals surface area contributed by atoms with Crippen molar-refractivity contribution < 1.29 is 64.1 Å². The molecule has 2 aromatic rings. The van der Waals surface area contributed by atoms with Gasteiger partial charge in [-0.3, -0.25) is 29.2 Å². The molecule has 0 spiro atoms. The number of aliphatic imine (C=N–C) groups is 2. The Balaban J connectivity index is 2.17. The molecule has 0 fully saturated rings. The maximum absolute atomic E-state index is 13.2. The van der Waals surface area contributed by atoms with E-state index in [-0.39, 0.29) is 50.7 Å². The van der Waals surface area contributed by atoms with E-state index in [2.05, 4.69) is 31.3 Å². The predicted molar refractivity (Wildman–Crippen MR) is 191 cm³/mol. The molecule has 2 aromatic carbocycles. The molecule has 0 aromatic heterocycles. The summed E-state index contributed by atoms with van der Waals surface area (Å²) < 4.78 is 4.99. The number of para-hydroxylation sites is 2. The van der Waals surface area contributed by atoms with Gasteiger partial charge in [0.15, 0.2) is 47.0 Å². The second-order valence-corrected chi connectivity index (χ2v) is 11.6. The lowest BCUT2D eigenvalue weighted by Crippen LogP contribution is -2.55. The molecule has 2 rings (SSSR count). The number of rotatable bonds is 21. The molecule has 23 nitrogen and oxygen atoms in total. The average Bonchev–Trinajstić information content (AvgIpc) is 3.12. The van der Waals surface area contributed by atoms with Crippen molar-refractivity contribution in [3.05, 3.63) is 47.5 Å². The van der Waals surface area contributed by atoms with Crippen LogP contribution in [-0.2, 0) is 23.9 Å². The number of nitrogens with one attached hydrogen (secondary N) is 4. The Labute approximate surface area is 312 Å². The molecule has 4 atom stereocenters. The maximum Gasteiger partial charge on any atom is 0.331 e. The first-order valence-corrected chi connectivity index (χ1v) is 16.3. The lowest BCUT2D eigenvalue weighted by Gasteiger charge is -2.23. The van der Waals surface area contributed by atoms with Gasteiger partial charge in [0.25, 0.3) is 11.8 Å². The summed E-state index contributed by atoms with van der Waals surface area (Å²) in [5.74, 6) is -10.5. The smallest absolute Gasteiger partial charge is 0.331 e. The Kier molecular flexibility index (Phi) is 17.2. The number of aliphatic carboxylic acids is 1. The zero-order valence-corrected chi connectivity index (χ0v) is 29.2. The van der Waals surface area contributed by atoms with Crippen LogP contribution in [0.3, 0.4) is 0 Å². The Morgan fingerprint density at radius 2 is 1.05 bits per heavy atom.